The van der Waals surface area contributed by atoms with E-state index in [1.54, 1.807) is 6.08 Å². The van der Waals surface area contributed by atoms with Crippen molar-refractivity contribution in [2.24, 2.45) is 0 Å². The van der Waals surface area contributed by atoms with Crippen LogP contribution in [0.15, 0.2) is 60.8 Å². The second-order valence-electron chi connectivity index (χ2n) is 27.7. The first-order valence-corrected chi connectivity index (χ1v) is 40.6. The molecule has 3 N–H and O–H groups in total. The quantitative estimate of drug-likeness (QED) is 0.0320. The SMILES string of the molecule is CCCCC/C=C\C/C=C\CCCCCCCCCC(=O)OCCCCCCCCCCCCC/C=C\C/C=C\CCCCCCCCCCCCCCCCCCCC(=O)NC(CO)C(O)/C=C/CCCCCCCCCCCCCCCCCCCCC. The third kappa shape index (κ3) is 74.6. The van der Waals surface area contributed by atoms with Crippen LogP contribution in [-0.2, 0) is 14.3 Å². The molecule has 6 nitrogen and oxygen atoms in total. The molecule has 1 amide bonds. The van der Waals surface area contributed by atoms with Crippen molar-refractivity contribution in [3.63, 3.8) is 0 Å². The van der Waals surface area contributed by atoms with E-state index in [2.05, 4.69) is 67.8 Å². The Balaban J connectivity index is 3.39. The lowest BCUT2D eigenvalue weighted by Crippen LogP contribution is -2.45. The van der Waals surface area contributed by atoms with Crippen molar-refractivity contribution < 1.29 is 24.5 Å². The maximum absolute atomic E-state index is 12.5. The summed E-state index contributed by atoms with van der Waals surface area (Å²) in [6.07, 6.45) is 106. The summed E-state index contributed by atoms with van der Waals surface area (Å²) in [7, 11) is 0. The zero-order valence-corrected chi connectivity index (χ0v) is 60.6. The van der Waals surface area contributed by atoms with Crippen LogP contribution >= 0.6 is 0 Å². The lowest BCUT2D eigenvalue weighted by molar-refractivity contribution is -0.143. The summed E-state index contributed by atoms with van der Waals surface area (Å²) >= 11 is 0. The maximum Gasteiger partial charge on any atom is 0.305 e. The fraction of sp³-hybridized carbons (Fsp3) is 0.857. The van der Waals surface area contributed by atoms with Gasteiger partial charge in [0.25, 0.3) is 0 Å². The van der Waals surface area contributed by atoms with Crippen LogP contribution in [0.25, 0.3) is 0 Å². The number of carbonyl (C=O) groups excluding carboxylic acids is 2. The average Bonchev–Trinajstić information content (AvgIpc) is 3.67. The van der Waals surface area contributed by atoms with Crippen molar-refractivity contribution >= 4 is 11.9 Å². The number of hydrogen-bond donors (Lipinski definition) is 3. The standard InChI is InChI=1S/C84H157NO5/c1-3-5-7-9-11-13-15-17-19-21-22-38-41-45-48-52-56-60-64-68-72-76-82(87)81(80-86)85-83(88)77-73-69-65-61-57-53-49-46-42-39-36-34-32-30-28-26-24-23-25-27-29-31-33-35-37-40-43-47-51-55-59-63-67-71-75-79-90-84(89)78-74-70-66-62-58-54-50-44-20-18-16-14-12-10-8-6-4-2/h12,14,18,20,25,27,31,33,72,76,81-82,86-87H,3-11,13,15-17,19,21-24,26,28-30,32,34-71,73-75,77-80H2,1-2H3,(H,85,88)/b14-12-,20-18-,27-25-,33-31-,76-72+. The van der Waals surface area contributed by atoms with Gasteiger partial charge in [0, 0.05) is 12.8 Å². The summed E-state index contributed by atoms with van der Waals surface area (Å²) in [5.41, 5.74) is 0. The van der Waals surface area contributed by atoms with Gasteiger partial charge in [0.15, 0.2) is 0 Å². The number of aliphatic hydroxyl groups excluding tert-OH is 2. The molecule has 0 spiro atoms. The van der Waals surface area contributed by atoms with E-state index in [4.69, 9.17) is 4.74 Å². The number of hydrogen-bond acceptors (Lipinski definition) is 5. The van der Waals surface area contributed by atoms with Crippen LogP contribution < -0.4 is 5.32 Å². The number of unbranched alkanes of at least 4 members (excludes halogenated alkanes) is 57. The number of esters is 1. The molecule has 0 heterocycles. The molecule has 0 aromatic heterocycles. The molecule has 90 heavy (non-hydrogen) atoms. The largest absolute Gasteiger partial charge is 0.466 e. The van der Waals surface area contributed by atoms with Gasteiger partial charge in [-0.25, -0.2) is 0 Å². The van der Waals surface area contributed by atoms with E-state index in [0.717, 1.165) is 57.8 Å². The Morgan fingerprint density at radius 1 is 0.311 bits per heavy atom. The first kappa shape index (κ1) is 87.6. The molecular weight excluding hydrogens is 1100 g/mol. The third-order valence-electron chi connectivity index (χ3n) is 18.8. The molecule has 0 saturated heterocycles. The Morgan fingerprint density at radius 2 is 0.556 bits per heavy atom. The second-order valence-corrected chi connectivity index (χ2v) is 27.7. The van der Waals surface area contributed by atoms with Gasteiger partial charge >= 0.3 is 5.97 Å². The van der Waals surface area contributed by atoms with Gasteiger partial charge in [-0.3, -0.25) is 9.59 Å². The van der Waals surface area contributed by atoms with E-state index in [1.807, 2.05) is 6.08 Å². The summed E-state index contributed by atoms with van der Waals surface area (Å²) in [5.74, 6) is -0.0527. The molecule has 0 aromatic rings. The van der Waals surface area contributed by atoms with Gasteiger partial charge in [-0.1, -0.05) is 389 Å². The molecule has 2 atom stereocenters. The van der Waals surface area contributed by atoms with Crippen molar-refractivity contribution in [3.05, 3.63) is 60.8 Å². The van der Waals surface area contributed by atoms with Crippen molar-refractivity contribution in [2.45, 2.75) is 450 Å². The summed E-state index contributed by atoms with van der Waals surface area (Å²) < 4.78 is 5.50. The summed E-state index contributed by atoms with van der Waals surface area (Å²) in [4.78, 5) is 24.6. The monoisotopic (exact) mass is 1260 g/mol. The predicted octanol–water partition coefficient (Wildman–Crippen LogP) is 26.9. The lowest BCUT2D eigenvalue weighted by atomic mass is 10.0. The molecule has 0 aliphatic carbocycles. The number of carbonyl (C=O) groups is 2. The fourth-order valence-electron chi connectivity index (χ4n) is 12.6. The smallest absolute Gasteiger partial charge is 0.305 e. The normalized spacial score (nSPS) is 12.8. The Hall–Kier alpha value is -2.44. The first-order chi connectivity index (χ1) is 44.5. The minimum absolute atomic E-state index is 0.00904. The highest BCUT2D eigenvalue weighted by Crippen LogP contribution is 2.19. The molecule has 2 unspecified atom stereocenters. The first-order valence-electron chi connectivity index (χ1n) is 40.6. The van der Waals surface area contributed by atoms with Gasteiger partial charge in [-0.15, -0.1) is 0 Å². The number of amides is 1. The molecule has 6 heteroatoms. The van der Waals surface area contributed by atoms with E-state index in [-0.39, 0.29) is 18.5 Å². The third-order valence-corrected chi connectivity index (χ3v) is 18.8. The molecule has 0 fully saturated rings. The van der Waals surface area contributed by atoms with Crippen LogP contribution in [-0.4, -0.2) is 47.4 Å². The van der Waals surface area contributed by atoms with Crippen molar-refractivity contribution in [1.82, 2.24) is 5.32 Å². The molecule has 528 valence electrons. The van der Waals surface area contributed by atoms with Gasteiger partial charge in [0.2, 0.25) is 5.91 Å². The lowest BCUT2D eigenvalue weighted by Gasteiger charge is -2.20. The highest BCUT2D eigenvalue weighted by molar-refractivity contribution is 5.76. The van der Waals surface area contributed by atoms with Crippen molar-refractivity contribution in [2.75, 3.05) is 13.2 Å². The minimum Gasteiger partial charge on any atom is -0.466 e. The Morgan fingerprint density at radius 3 is 0.867 bits per heavy atom. The fourth-order valence-corrected chi connectivity index (χ4v) is 12.6. The highest BCUT2D eigenvalue weighted by atomic mass is 16.5. The molecular formula is C84H157NO5. The van der Waals surface area contributed by atoms with Crippen LogP contribution in [0, 0.1) is 0 Å². The van der Waals surface area contributed by atoms with E-state index < -0.39 is 12.1 Å². The number of rotatable bonds is 76. The molecule has 0 aliphatic heterocycles. The number of nitrogens with one attached hydrogen (secondary N) is 1. The zero-order valence-electron chi connectivity index (χ0n) is 60.6. The molecule has 0 bridgehead atoms. The molecule has 0 aromatic carbocycles. The molecule has 0 aliphatic rings. The Labute approximate surface area is 562 Å². The predicted molar refractivity (Wildman–Crippen MR) is 398 cm³/mol. The van der Waals surface area contributed by atoms with Crippen LogP contribution in [0.1, 0.15) is 438 Å². The Bertz CT molecular complexity index is 1550. The summed E-state index contributed by atoms with van der Waals surface area (Å²) in [5, 5.41) is 23.3. The number of aliphatic hydroxyl groups is 2. The van der Waals surface area contributed by atoms with Crippen LogP contribution in [0.2, 0.25) is 0 Å². The van der Waals surface area contributed by atoms with E-state index in [1.165, 1.54) is 353 Å². The van der Waals surface area contributed by atoms with E-state index in [9.17, 15) is 19.8 Å². The van der Waals surface area contributed by atoms with Gasteiger partial charge in [-0.2, -0.15) is 0 Å². The van der Waals surface area contributed by atoms with Crippen LogP contribution in [0.5, 0.6) is 0 Å². The minimum atomic E-state index is -0.845. The average molecular weight is 1260 g/mol. The van der Waals surface area contributed by atoms with Crippen molar-refractivity contribution in [1.29, 1.82) is 0 Å². The zero-order chi connectivity index (χ0) is 64.9. The highest BCUT2D eigenvalue weighted by Gasteiger charge is 2.18. The van der Waals surface area contributed by atoms with Gasteiger partial charge in [0.05, 0.1) is 25.4 Å². The maximum atomic E-state index is 12.5. The van der Waals surface area contributed by atoms with Crippen LogP contribution in [0.4, 0.5) is 0 Å². The van der Waals surface area contributed by atoms with Gasteiger partial charge in [0.1, 0.15) is 0 Å². The summed E-state index contributed by atoms with van der Waals surface area (Å²) in [6.45, 7) is 4.91. The molecule has 0 radical (unpaired) electrons. The number of ether oxygens (including phenoxy) is 1. The van der Waals surface area contributed by atoms with Crippen LogP contribution in [0.3, 0.4) is 0 Å². The van der Waals surface area contributed by atoms with E-state index in [0.29, 0.717) is 19.4 Å². The number of allylic oxidation sites excluding steroid dienone is 9. The van der Waals surface area contributed by atoms with Crippen molar-refractivity contribution in [3.8, 4) is 0 Å². The topological polar surface area (TPSA) is 95.9 Å². The second kappa shape index (κ2) is 79.0. The molecule has 0 rings (SSSR count). The van der Waals surface area contributed by atoms with Gasteiger partial charge < -0.3 is 20.3 Å². The van der Waals surface area contributed by atoms with Gasteiger partial charge in [-0.05, 0) is 96.3 Å². The molecule has 0 saturated carbocycles. The Kier molecular flexibility index (Phi) is 76.9. The summed E-state index contributed by atoms with van der Waals surface area (Å²) in [6, 6.07) is -0.628. The van der Waals surface area contributed by atoms with E-state index >= 15 is 0 Å².